The van der Waals surface area contributed by atoms with Crippen molar-refractivity contribution in [3.63, 3.8) is 0 Å². The SMILES string of the molecule is CC(C)(C)c1ccc(C(=O)Nc2ccc(NC(=O)C3CCC3)cc2)cc1. The molecular formula is C22H26N2O2. The summed E-state index contributed by atoms with van der Waals surface area (Å²) < 4.78 is 0. The lowest BCUT2D eigenvalue weighted by Gasteiger charge is -2.24. The van der Waals surface area contributed by atoms with Gasteiger partial charge in [-0.05, 0) is 60.2 Å². The van der Waals surface area contributed by atoms with E-state index in [1.807, 2.05) is 36.4 Å². The van der Waals surface area contributed by atoms with Crippen molar-refractivity contribution in [1.82, 2.24) is 0 Å². The van der Waals surface area contributed by atoms with E-state index in [1.165, 1.54) is 5.56 Å². The highest BCUT2D eigenvalue weighted by atomic mass is 16.2. The van der Waals surface area contributed by atoms with E-state index in [9.17, 15) is 9.59 Å². The summed E-state index contributed by atoms with van der Waals surface area (Å²) in [4.78, 5) is 24.4. The number of hydrogen-bond acceptors (Lipinski definition) is 2. The fraction of sp³-hybridized carbons (Fsp3) is 0.364. The van der Waals surface area contributed by atoms with E-state index in [0.717, 1.165) is 24.9 Å². The van der Waals surface area contributed by atoms with Crippen LogP contribution in [0.5, 0.6) is 0 Å². The fourth-order valence-electron chi connectivity index (χ4n) is 2.88. The smallest absolute Gasteiger partial charge is 0.255 e. The average Bonchev–Trinajstić information content (AvgIpc) is 2.54. The van der Waals surface area contributed by atoms with Crippen LogP contribution in [-0.4, -0.2) is 11.8 Å². The lowest BCUT2D eigenvalue weighted by molar-refractivity contribution is -0.122. The van der Waals surface area contributed by atoms with Gasteiger partial charge in [0.2, 0.25) is 5.91 Å². The van der Waals surface area contributed by atoms with Crippen LogP contribution in [0.1, 0.15) is 56.0 Å². The summed E-state index contributed by atoms with van der Waals surface area (Å²) in [5.74, 6) is 0.106. The highest BCUT2D eigenvalue weighted by Gasteiger charge is 2.25. The van der Waals surface area contributed by atoms with Crippen LogP contribution in [0.4, 0.5) is 11.4 Å². The number of rotatable bonds is 4. The number of nitrogens with one attached hydrogen (secondary N) is 2. The van der Waals surface area contributed by atoms with Gasteiger partial charge < -0.3 is 10.6 Å². The van der Waals surface area contributed by atoms with E-state index in [-0.39, 0.29) is 23.1 Å². The molecule has 0 aromatic heterocycles. The Kier molecular flexibility index (Phi) is 5.12. The molecule has 0 unspecified atom stereocenters. The minimum atomic E-state index is -0.142. The maximum Gasteiger partial charge on any atom is 0.255 e. The molecule has 1 aliphatic carbocycles. The van der Waals surface area contributed by atoms with Gasteiger partial charge in [-0.1, -0.05) is 39.3 Å². The molecule has 1 aliphatic rings. The van der Waals surface area contributed by atoms with E-state index in [2.05, 4.69) is 31.4 Å². The molecule has 4 nitrogen and oxygen atoms in total. The second-order valence-electron chi connectivity index (χ2n) is 7.98. The molecule has 136 valence electrons. The van der Waals surface area contributed by atoms with Gasteiger partial charge in [-0.15, -0.1) is 0 Å². The van der Waals surface area contributed by atoms with Crippen LogP contribution in [0.2, 0.25) is 0 Å². The van der Waals surface area contributed by atoms with Gasteiger partial charge in [0.1, 0.15) is 0 Å². The lowest BCUT2D eigenvalue weighted by atomic mass is 9.85. The molecule has 2 N–H and O–H groups in total. The molecule has 2 aromatic carbocycles. The van der Waals surface area contributed by atoms with Crippen molar-refractivity contribution in [2.75, 3.05) is 10.6 Å². The molecular weight excluding hydrogens is 324 g/mol. The number of benzene rings is 2. The van der Waals surface area contributed by atoms with Crippen molar-refractivity contribution in [2.24, 2.45) is 5.92 Å². The zero-order valence-electron chi connectivity index (χ0n) is 15.6. The van der Waals surface area contributed by atoms with Crippen molar-refractivity contribution in [3.05, 3.63) is 59.7 Å². The van der Waals surface area contributed by atoms with Crippen molar-refractivity contribution < 1.29 is 9.59 Å². The summed E-state index contributed by atoms with van der Waals surface area (Å²) in [6.45, 7) is 6.44. The monoisotopic (exact) mass is 350 g/mol. The zero-order valence-corrected chi connectivity index (χ0v) is 15.6. The molecule has 1 saturated carbocycles. The summed E-state index contributed by atoms with van der Waals surface area (Å²) in [6, 6.07) is 14.9. The predicted octanol–water partition coefficient (Wildman–Crippen LogP) is 4.98. The molecule has 26 heavy (non-hydrogen) atoms. The normalized spacial score (nSPS) is 14.4. The molecule has 0 heterocycles. The van der Waals surface area contributed by atoms with Crippen LogP contribution < -0.4 is 10.6 Å². The van der Waals surface area contributed by atoms with Crippen molar-refractivity contribution in [3.8, 4) is 0 Å². The minimum absolute atomic E-state index is 0.0642. The van der Waals surface area contributed by atoms with Gasteiger partial charge in [0.05, 0.1) is 0 Å². The van der Waals surface area contributed by atoms with Gasteiger partial charge in [-0.25, -0.2) is 0 Å². The van der Waals surface area contributed by atoms with Crippen molar-refractivity contribution in [1.29, 1.82) is 0 Å². The number of anilines is 2. The van der Waals surface area contributed by atoms with Crippen LogP contribution in [0.25, 0.3) is 0 Å². The molecule has 0 bridgehead atoms. The standard InChI is InChI=1S/C22H26N2O2/c1-22(2,3)17-9-7-16(8-10-17)21(26)24-19-13-11-18(12-14-19)23-20(25)15-5-4-6-15/h7-15H,4-6H2,1-3H3,(H,23,25)(H,24,26). The van der Waals surface area contributed by atoms with Crippen LogP contribution in [0, 0.1) is 5.92 Å². The summed E-state index contributed by atoms with van der Waals surface area (Å²) >= 11 is 0. The Balaban J connectivity index is 1.59. The topological polar surface area (TPSA) is 58.2 Å². The third-order valence-electron chi connectivity index (χ3n) is 4.90. The Morgan fingerprint density at radius 2 is 1.38 bits per heavy atom. The number of carbonyl (C=O) groups is 2. The molecule has 3 rings (SSSR count). The Hall–Kier alpha value is -2.62. The maximum atomic E-state index is 12.4. The van der Waals surface area contributed by atoms with Crippen LogP contribution in [-0.2, 0) is 10.2 Å². The predicted molar refractivity (Wildman–Crippen MR) is 106 cm³/mol. The third-order valence-corrected chi connectivity index (χ3v) is 4.90. The van der Waals surface area contributed by atoms with Gasteiger partial charge in [0.15, 0.2) is 0 Å². The first-order valence-electron chi connectivity index (χ1n) is 9.16. The van der Waals surface area contributed by atoms with Gasteiger partial charge >= 0.3 is 0 Å². The van der Waals surface area contributed by atoms with Crippen LogP contribution in [0.15, 0.2) is 48.5 Å². The molecule has 4 heteroatoms. The summed E-state index contributed by atoms with van der Waals surface area (Å²) in [5.41, 5.74) is 3.35. The largest absolute Gasteiger partial charge is 0.326 e. The van der Waals surface area contributed by atoms with Gasteiger partial charge in [-0.3, -0.25) is 9.59 Å². The summed E-state index contributed by atoms with van der Waals surface area (Å²) in [6.07, 6.45) is 3.10. The van der Waals surface area contributed by atoms with E-state index < -0.39 is 0 Å². The first-order chi connectivity index (χ1) is 12.3. The van der Waals surface area contributed by atoms with Crippen LogP contribution in [0.3, 0.4) is 0 Å². The molecule has 2 aromatic rings. The Labute approximate surface area is 155 Å². The number of hydrogen-bond donors (Lipinski definition) is 2. The quantitative estimate of drug-likeness (QED) is 0.817. The van der Waals surface area contributed by atoms with E-state index >= 15 is 0 Å². The average molecular weight is 350 g/mol. The minimum Gasteiger partial charge on any atom is -0.326 e. The molecule has 2 amide bonds. The Morgan fingerprint density at radius 1 is 0.846 bits per heavy atom. The van der Waals surface area contributed by atoms with Crippen molar-refractivity contribution >= 4 is 23.2 Å². The zero-order chi connectivity index (χ0) is 18.7. The number of amides is 2. The molecule has 0 atom stereocenters. The molecule has 0 radical (unpaired) electrons. The van der Waals surface area contributed by atoms with E-state index in [0.29, 0.717) is 11.3 Å². The van der Waals surface area contributed by atoms with Crippen LogP contribution >= 0.6 is 0 Å². The lowest BCUT2D eigenvalue weighted by Crippen LogP contribution is -2.27. The Bertz CT molecular complexity index is 782. The summed E-state index contributed by atoms with van der Waals surface area (Å²) in [5, 5.41) is 5.82. The molecule has 1 fully saturated rings. The van der Waals surface area contributed by atoms with Gasteiger partial charge in [0, 0.05) is 22.9 Å². The van der Waals surface area contributed by atoms with Crippen molar-refractivity contribution in [2.45, 2.75) is 45.4 Å². The summed E-state index contributed by atoms with van der Waals surface area (Å²) in [7, 11) is 0. The fourth-order valence-corrected chi connectivity index (χ4v) is 2.88. The maximum absolute atomic E-state index is 12.4. The van der Waals surface area contributed by atoms with Gasteiger partial charge in [-0.2, -0.15) is 0 Å². The first-order valence-corrected chi connectivity index (χ1v) is 9.16. The second kappa shape index (κ2) is 7.32. The number of carbonyl (C=O) groups excluding carboxylic acids is 2. The highest BCUT2D eigenvalue weighted by Crippen LogP contribution is 2.28. The molecule has 0 aliphatic heterocycles. The Morgan fingerprint density at radius 3 is 1.85 bits per heavy atom. The van der Waals surface area contributed by atoms with E-state index in [4.69, 9.17) is 0 Å². The van der Waals surface area contributed by atoms with E-state index in [1.54, 1.807) is 12.1 Å². The third kappa shape index (κ3) is 4.31. The van der Waals surface area contributed by atoms with Gasteiger partial charge in [0.25, 0.3) is 5.91 Å². The molecule has 0 saturated heterocycles. The first kappa shape index (κ1) is 18.2. The second-order valence-corrected chi connectivity index (χ2v) is 7.98. The molecule has 0 spiro atoms. The highest BCUT2D eigenvalue weighted by molar-refractivity contribution is 6.04.